The molecule has 1 aliphatic rings. The van der Waals surface area contributed by atoms with Crippen molar-refractivity contribution < 1.29 is 4.79 Å². The van der Waals surface area contributed by atoms with E-state index >= 15 is 0 Å². The van der Waals surface area contributed by atoms with E-state index in [2.05, 4.69) is 36.6 Å². The van der Waals surface area contributed by atoms with Crippen LogP contribution in [0.25, 0.3) is 0 Å². The standard InChI is InChI=1S/C19H13NOS2/c1-12-8-9-22-19(12)18-14-4-2-3-5-16(14)23-17-7-6-13(11-21)10-15(17)20-18/h2-11H,1H3. The average Bonchev–Trinajstić information content (AvgIpc) is 2.93. The molecule has 0 spiro atoms. The SMILES string of the molecule is Cc1ccsc1C1=Nc2cc(C=O)ccc2Sc2ccccc21. The van der Waals surface area contributed by atoms with Crippen LogP contribution in [0.15, 0.2) is 68.7 Å². The molecule has 0 unspecified atom stereocenters. The highest BCUT2D eigenvalue weighted by atomic mass is 32.2. The lowest BCUT2D eigenvalue weighted by molar-refractivity contribution is 0.112. The summed E-state index contributed by atoms with van der Waals surface area (Å²) in [5, 5.41) is 2.09. The van der Waals surface area contributed by atoms with Gasteiger partial charge in [0.2, 0.25) is 0 Å². The number of fused-ring (bicyclic) bond motifs is 2. The van der Waals surface area contributed by atoms with Crippen molar-refractivity contribution in [3.63, 3.8) is 0 Å². The first-order valence-electron chi connectivity index (χ1n) is 7.26. The third-order valence-electron chi connectivity index (χ3n) is 3.79. The quantitative estimate of drug-likeness (QED) is 0.452. The van der Waals surface area contributed by atoms with E-state index in [-0.39, 0.29) is 0 Å². The summed E-state index contributed by atoms with van der Waals surface area (Å²) in [4.78, 5) is 19.5. The maximum absolute atomic E-state index is 11.1. The smallest absolute Gasteiger partial charge is 0.150 e. The van der Waals surface area contributed by atoms with E-state index in [1.165, 1.54) is 15.3 Å². The molecular weight excluding hydrogens is 322 g/mol. The molecule has 112 valence electrons. The maximum atomic E-state index is 11.1. The fraction of sp³-hybridized carbons (Fsp3) is 0.0526. The van der Waals surface area contributed by atoms with Gasteiger partial charge in [0.05, 0.1) is 16.3 Å². The number of thiophene rings is 1. The molecule has 0 saturated heterocycles. The van der Waals surface area contributed by atoms with Gasteiger partial charge in [-0.3, -0.25) is 4.79 Å². The average molecular weight is 335 g/mol. The highest BCUT2D eigenvalue weighted by molar-refractivity contribution is 7.99. The Morgan fingerprint density at radius 2 is 1.91 bits per heavy atom. The van der Waals surface area contributed by atoms with Gasteiger partial charge in [-0.05, 0) is 42.1 Å². The van der Waals surface area contributed by atoms with Gasteiger partial charge in [0.15, 0.2) is 0 Å². The fourth-order valence-electron chi connectivity index (χ4n) is 2.62. The van der Waals surface area contributed by atoms with Crippen molar-refractivity contribution >= 4 is 40.8 Å². The number of aliphatic imine (C=N–C) groups is 1. The van der Waals surface area contributed by atoms with Crippen LogP contribution in [0, 0.1) is 6.92 Å². The lowest BCUT2D eigenvalue weighted by Crippen LogP contribution is -2.03. The fourth-order valence-corrected chi connectivity index (χ4v) is 4.55. The van der Waals surface area contributed by atoms with Crippen LogP contribution in [0.3, 0.4) is 0 Å². The van der Waals surface area contributed by atoms with Gasteiger partial charge in [0.25, 0.3) is 0 Å². The molecule has 1 aliphatic heterocycles. The molecule has 2 heterocycles. The van der Waals surface area contributed by atoms with Crippen LogP contribution in [0.5, 0.6) is 0 Å². The van der Waals surface area contributed by atoms with Crippen LogP contribution < -0.4 is 0 Å². The first-order chi connectivity index (χ1) is 11.3. The Labute approximate surface area is 142 Å². The monoisotopic (exact) mass is 335 g/mol. The largest absolute Gasteiger partial charge is 0.298 e. The molecule has 0 fully saturated rings. The molecule has 0 radical (unpaired) electrons. The summed E-state index contributed by atoms with van der Waals surface area (Å²) in [5.41, 5.74) is 4.87. The van der Waals surface area contributed by atoms with Gasteiger partial charge in [-0.2, -0.15) is 0 Å². The van der Waals surface area contributed by atoms with Crippen molar-refractivity contribution in [1.29, 1.82) is 0 Å². The molecule has 0 atom stereocenters. The minimum atomic E-state index is 0.654. The van der Waals surface area contributed by atoms with Gasteiger partial charge < -0.3 is 0 Å². The molecule has 2 nitrogen and oxygen atoms in total. The summed E-state index contributed by atoms with van der Waals surface area (Å²) in [6.07, 6.45) is 0.870. The van der Waals surface area contributed by atoms with Gasteiger partial charge in [0.1, 0.15) is 6.29 Å². The number of carbonyl (C=O) groups is 1. The predicted molar refractivity (Wildman–Crippen MR) is 96.7 cm³/mol. The minimum Gasteiger partial charge on any atom is -0.298 e. The number of aldehydes is 1. The summed E-state index contributed by atoms with van der Waals surface area (Å²) in [6, 6.07) is 16.1. The summed E-state index contributed by atoms with van der Waals surface area (Å²) in [6.45, 7) is 2.11. The summed E-state index contributed by atoms with van der Waals surface area (Å²) < 4.78 is 0. The van der Waals surface area contributed by atoms with E-state index in [4.69, 9.17) is 4.99 Å². The zero-order valence-corrected chi connectivity index (χ0v) is 14.1. The third-order valence-corrected chi connectivity index (χ3v) is 5.95. The Bertz CT molecular complexity index is 940. The number of hydrogen-bond donors (Lipinski definition) is 0. The van der Waals surface area contributed by atoms with Crippen LogP contribution in [0.1, 0.15) is 26.4 Å². The third kappa shape index (κ3) is 2.54. The summed E-state index contributed by atoms with van der Waals surface area (Å²) in [5.74, 6) is 0. The van der Waals surface area contributed by atoms with E-state index in [0.29, 0.717) is 5.56 Å². The Hall–Kier alpha value is -2.17. The Morgan fingerprint density at radius 1 is 1.04 bits per heavy atom. The molecule has 0 aliphatic carbocycles. The van der Waals surface area contributed by atoms with Crippen molar-refractivity contribution in [2.45, 2.75) is 16.7 Å². The van der Waals surface area contributed by atoms with E-state index in [9.17, 15) is 4.79 Å². The second kappa shape index (κ2) is 5.80. The van der Waals surface area contributed by atoms with Crippen LogP contribution in [-0.2, 0) is 0 Å². The topological polar surface area (TPSA) is 29.4 Å². The van der Waals surface area contributed by atoms with Crippen molar-refractivity contribution in [1.82, 2.24) is 0 Å². The van der Waals surface area contributed by atoms with E-state index in [0.717, 1.165) is 28.1 Å². The molecule has 1 aromatic heterocycles. The van der Waals surface area contributed by atoms with Gasteiger partial charge in [-0.25, -0.2) is 4.99 Å². The van der Waals surface area contributed by atoms with Gasteiger partial charge in [-0.1, -0.05) is 36.0 Å². The molecule has 0 saturated carbocycles. The predicted octanol–water partition coefficient (Wildman–Crippen LogP) is 5.50. The van der Waals surface area contributed by atoms with Gasteiger partial charge in [-0.15, -0.1) is 11.3 Å². The molecule has 2 aromatic carbocycles. The summed E-state index contributed by atoms with van der Waals surface area (Å²) >= 11 is 3.41. The van der Waals surface area contributed by atoms with Crippen LogP contribution in [-0.4, -0.2) is 12.0 Å². The minimum absolute atomic E-state index is 0.654. The van der Waals surface area contributed by atoms with Crippen LogP contribution in [0.4, 0.5) is 5.69 Å². The number of hydrogen-bond acceptors (Lipinski definition) is 4. The van der Waals surface area contributed by atoms with Crippen LogP contribution in [0.2, 0.25) is 0 Å². The molecule has 4 rings (SSSR count). The first-order valence-corrected chi connectivity index (χ1v) is 8.95. The highest BCUT2D eigenvalue weighted by Gasteiger charge is 2.20. The number of carbonyl (C=O) groups excluding carboxylic acids is 1. The Kier molecular flexibility index (Phi) is 3.63. The molecule has 0 bridgehead atoms. The number of nitrogens with zero attached hydrogens (tertiary/aromatic N) is 1. The summed E-state index contributed by atoms with van der Waals surface area (Å²) in [7, 11) is 0. The molecule has 3 aromatic rings. The van der Waals surface area contributed by atoms with Crippen LogP contribution >= 0.6 is 23.1 Å². The van der Waals surface area contributed by atoms with E-state index in [1.54, 1.807) is 23.1 Å². The van der Waals surface area contributed by atoms with E-state index < -0.39 is 0 Å². The first kappa shape index (κ1) is 14.4. The lowest BCUT2D eigenvalue weighted by atomic mass is 10.1. The molecule has 4 heteroatoms. The number of aryl methyl sites for hydroxylation is 1. The number of rotatable bonds is 2. The van der Waals surface area contributed by atoms with Crippen molar-refractivity contribution in [2.24, 2.45) is 4.99 Å². The Morgan fingerprint density at radius 3 is 2.70 bits per heavy atom. The molecular formula is C19H13NOS2. The van der Waals surface area contributed by atoms with Crippen molar-refractivity contribution in [3.05, 3.63) is 75.5 Å². The highest BCUT2D eigenvalue weighted by Crippen LogP contribution is 2.42. The van der Waals surface area contributed by atoms with Crippen molar-refractivity contribution in [2.75, 3.05) is 0 Å². The normalized spacial score (nSPS) is 12.8. The maximum Gasteiger partial charge on any atom is 0.150 e. The molecule has 23 heavy (non-hydrogen) atoms. The zero-order valence-electron chi connectivity index (χ0n) is 12.4. The number of benzene rings is 2. The second-order valence-corrected chi connectivity index (χ2v) is 7.34. The molecule has 0 N–H and O–H groups in total. The Balaban J connectivity index is 2.01. The lowest BCUT2D eigenvalue weighted by Gasteiger charge is -2.08. The zero-order chi connectivity index (χ0) is 15.8. The molecule has 0 amide bonds. The van der Waals surface area contributed by atoms with Gasteiger partial charge >= 0.3 is 0 Å². The second-order valence-electron chi connectivity index (χ2n) is 5.34. The van der Waals surface area contributed by atoms with Crippen molar-refractivity contribution in [3.8, 4) is 0 Å². The van der Waals surface area contributed by atoms with Gasteiger partial charge in [0, 0.05) is 20.9 Å². The van der Waals surface area contributed by atoms with E-state index in [1.807, 2.05) is 24.3 Å².